The highest BCUT2D eigenvalue weighted by atomic mass is 31.2. The van der Waals surface area contributed by atoms with Crippen molar-refractivity contribution < 1.29 is 33.0 Å². The first-order chi connectivity index (χ1) is 14.5. The topological polar surface area (TPSA) is 160 Å². The molecule has 4 N–H and O–H groups in total. The van der Waals surface area contributed by atoms with Gasteiger partial charge in [-0.2, -0.15) is 5.10 Å². The van der Waals surface area contributed by atoms with Gasteiger partial charge in [-0.1, -0.05) is 0 Å². The molecule has 2 aromatic rings. The zero-order valence-corrected chi connectivity index (χ0v) is 18.5. The van der Waals surface area contributed by atoms with Crippen LogP contribution < -0.4 is 10.8 Å². The van der Waals surface area contributed by atoms with E-state index in [1.165, 1.54) is 24.7 Å². The lowest BCUT2D eigenvalue weighted by atomic mass is 9.81. The molecule has 0 bridgehead atoms. The molecule has 4 heterocycles. The smallest absolute Gasteiger partial charge is 0.406 e. The highest BCUT2D eigenvalue weighted by molar-refractivity contribution is 7.51. The number of anilines is 1. The number of nitrogens with zero attached hydrogens (tertiary/aromatic N) is 3. The minimum absolute atomic E-state index is 0.114. The first-order valence-corrected chi connectivity index (χ1v) is 11.4. The Morgan fingerprint density at radius 3 is 2.97 bits per heavy atom. The van der Waals surface area contributed by atoms with E-state index in [0.717, 1.165) is 0 Å². The van der Waals surface area contributed by atoms with E-state index in [0.29, 0.717) is 11.2 Å². The molecule has 170 valence electrons. The van der Waals surface area contributed by atoms with Crippen molar-refractivity contribution in [2.75, 3.05) is 18.9 Å². The molecule has 2 fully saturated rings. The molecule has 0 aliphatic carbocycles. The number of ether oxygens (including phenoxy) is 2. The second-order valence-electron chi connectivity index (χ2n) is 7.92. The summed E-state index contributed by atoms with van der Waals surface area (Å²) in [5.74, 6) is -0.315. The van der Waals surface area contributed by atoms with Gasteiger partial charge in [0.15, 0.2) is 5.82 Å². The summed E-state index contributed by atoms with van der Waals surface area (Å²) in [5, 5.41) is 18.3. The van der Waals surface area contributed by atoms with E-state index >= 15 is 0 Å². The second-order valence-corrected chi connectivity index (χ2v) is 9.64. The summed E-state index contributed by atoms with van der Waals surface area (Å²) in [6.07, 6.45) is -0.421. The van der Waals surface area contributed by atoms with Crippen LogP contribution in [0.15, 0.2) is 18.5 Å². The Morgan fingerprint density at radius 2 is 2.26 bits per heavy atom. The van der Waals surface area contributed by atoms with Crippen LogP contribution in [0.2, 0.25) is 0 Å². The van der Waals surface area contributed by atoms with Crippen LogP contribution in [0, 0.1) is 0 Å². The molecule has 0 radical (unpaired) electrons. The molecule has 0 spiro atoms. The largest absolute Gasteiger partial charge is 0.465 e. The number of hydrogen-bond acceptors (Lipinski definition) is 10. The van der Waals surface area contributed by atoms with Crippen molar-refractivity contribution in [2.24, 2.45) is 0 Å². The van der Waals surface area contributed by atoms with Crippen LogP contribution in [0.3, 0.4) is 0 Å². The minimum Gasteiger partial charge on any atom is -0.465 e. The first kappa shape index (κ1) is 22.1. The molecule has 0 amide bonds. The minimum atomic E-state index is -3.93. The predicted octanol–water partition coefficient (Wildman–Crippen LogP) is 0.741. The van der Waals surface area contributed by atoms with Crippen LogP contribution in [-0.4, -0.2) is 62.7 Å². The summed E-state index contributed by atoms with van der Waals surface area (Å²) in [6.45, 7) is 6.45. The van der Waals surface area contributed by atoms with Crippen LogP contribution >= 0.6 is 7.75 Å². The summed E-state index contributed by atoms with van der Waals surface area (Å²) >= 11 is 0. The lowest BCUT2D eigenvalue weighted by molar-refractivity contribution is -0.145. The molecule has 4 rings (SSSR count). The monoisotopic (exact) mass is 455 g/mol. The number of nitrogens with two attached hydrogens (primary N) is 1. The molecule has 1 unspecified atom stereocenters. The number of rotatable bonds is 5. The standard InChI is InChI=1S/C18H26N5O7P/c1-5-27-16(24)10(2)22-31(26)28-8-12-14(30-31)17(3,25)18(4,29-12)13-7-6-11-15(19)20-9-21-23(11)13/h6-7,9-10,12,14,25H,5,8H2,1-4H3,(H,22,26)(H2,19,20,21)/t10-,12+,14+,17+,18-,31?/m0/s1. The van der Waals surface area contributed by atoms with Crippen molar-refractivity contribution in [3.63, 3.8) is 0 Å². The lowest BCUT2D eigenvalue weighted by Crippen LogP contribution is -2.53. The maximum Gasteiger partial charge on any atom is 0.406 e. The molecule has 13 heteroatoms. The normalized spacial score (nSPS) is 36.3. The second kappa shape index (κ2) is 7.51. The van der Waals surface area contributed by atoms with Crippen LogP contribution in [0.1, 0.15) is 33.4 Å². The molecule has 2 aromatic heterocycles. The summed E-state index contributed by atoms with van der Waals surface area (Å²) in [6, 6.07) is 2.52. The van der Waals surface area contributed by atoms with E-state index in [2.05, 4.69) is 15.2 Å². The van der Waals surface area contributed by atoms with E-state index in [4.69, 9.17) is 24.3 Å². The van der Waals surface area contributed by atoms with Crippen molar-refractivity contribution in [3.8, 4) is 0 Å². The Hall–Kier alpha value is -2.08. The summed E-state index contributed by atoms with van der Waals surface area (Å²) in [7, 11) is -3.93. The number of hydrogen-bond donors (Lipinski definition) is 3. The molecule has 2 aliphatic heterocycles. The predicted molar refractivity (Wildman–Crippen MR) is 108 cm³/mol. The Balaban J connectivity index is 1.63. The van der Waals surface area contributed by atoms with Crippen molar-refractivity contribution in [2.45, 2.75) is 57.1 Å². The molecule has 0 saturated carbocycles. The number of carbonyl (C=O) groups is 1. The van der Waals surface area contributed by atoms with E-state index in [1.807, 2.05) is 0 Å². The van der Waals surface area contributed by atoms with Gasteiger partial charge in [-0.25, -0.2) is 19.2 Å². The molecule has 6 atom stereocenters. The number of carbonyl (C=O) groups excluding carboxylic acids is 1. The zero-order valence-electron chi connectivity index (χ0n) is 17.6. The van der Waals surface area contributed by atoms with Gasteiger partial charge >= 0.3 is 13.7 Å². The van der Waals surface area contributed by atoms with E-state index in [-0.39, 0.29) is 19.0 Å². The average Bonchev–Trinajstić information content (AvgIpc) is 3.22. The molecule has 2 saturated heterocycles. The average molecular weight is 455 g/mol. The maximum atomic E-state index is 13.2. The summed E-state index contributed by atoms with van der Waals surface area (Å²) in [5.41, 5.74) is 4.05. The number of aromatic nitrogens is 3. The van der Waals surface area contributed by atoms with Gasteiger partial charge in [0.05, 0.1) is 18.9 Å². The Bertz CT molecular complexity index is 1060. The van der Waals surface area contributed by atoms with Crippen molar-refractivity contribution in [3.05, 3.63) is 24.2 Å². The maximum absolute atomic E-state index is 13.2. The van der Waals surface area contributed by atoms with Gasteiger partial charge in [0.2, 0.25) is 0 Å². The number of nitrogen functional groups attached to an aromatic ring is 1. The van der Waals surface area contributed by atoms with E-state index in [1.54, 1.807) is 26.0 Å². The van der Waals surface area contributed by atoms with Crippen LogP contribution in [0.25, 0.3) is 5.52 Å². The SMILES string of the molecule is CCOC(=O)[C@H](C)NP1(=O)OC[C@H]2O[C@@](C)(c3ccc4c(N)ncnn34)[C@](C)(O)[C@@H]2O1. The molecule has 31 heavy (non-hydrogen) atoms. The number of aliphatic hydroxyl groups is 1. The molecular weight excluding hydrogens is 429 g/mol. The molecular formula is C18H26N5O7P. The zero-order chi connectivity index (χ0) is 22.6. The van der Waals surface area contributed by atoms with Gasteiger partial charge in [0, 0.05) is 0 Å². The molecule has 0 aromatic carbocycles. The van der Waals surface area contributed by atoms with Gasteiger partial charge in [-0.3, -0.25) is 13.8 Å². The Morgan fingerprint density at radius 1 is 1.52 bits per heavy atom. The highest BCUT2D eigenvalue weighted by Crippen LogP contribution is 2.58. The third-order valence-corrected chi connectivity index (χ3v) is 7.57. The molecule has 2 aliphatic rings. The third-order valence-electron chi connectivity index (χ3n) is 5.87. The van der Waals surface area contributed by atoms with Gasteiger partial charge in [-0.15, -0.1) is 0 Å². The van der Waals surface area contributed by atoms with E-state index < -0.39 is 43.2 Å². The molecule has 12 nitrogen and oxygen atoms in total. The van der Waals surface area contributed by atoms with E-state index in [9.17, 15) is 14.5 Å². The third kappa shape index (κ3) is 3.43. The van der Waals surface area contributed by atoms with Crippen LogP contribution in [0.5, 0.6) is 0 Å². The van der Waals surface area contributed by atoms with Crippen molar-refractivity contribution in [1.29, 1.82) is 0 Å². The first-order valence-electron chi connectivity index (χ1n) is 9.88. The van der Waals surface area contributed by atoms with Crippen molar-refractivity contribution in [1.82, 2.24) is 19.7 Å². The van der Waals surface area contributed by atoms with Gasteiger partial charge in [0.1, 0.15) is 41.3 Å². The number of esters is 1. The number of fused-ring (bicyclic) bond motifs is 2. The lowest BCUT2D eigenvalue weighted by Gasteiger charge is -2.39. The van der Waals surface area contributed by atoms with Crippen molar-refractivity contribution >= 4 is 25.1 Å². The van der Waals surface area contributed by atoms with Gasteiger partial charge in [0.25, 0.3) is 0 Å². The summed E-state index contributed by atoms with van der Waals surface area (Å²) < 4.78 is 36.9. The highest BCUT2D eigenvalue weighted by Gasteiger charge is 2.66. The fourth-order valence-corrected chi connectivity index (χ4v) is 5.78. The fourth-order valence-electron chi connectivity index (χ4n) is 4.02. The summed E-state index contributed by atoms with van der Waals surface area (Å²) in [4.78, 5) is 15.9. The number of nitrogens with one attached hydrogen (secondary N) is 1. The fraction of sp³-hybridized carbons (Fsp3) is 0.611. The Labute approximate surface area is 178 Å². The Kier molecular flexibility index (Phi) is 5.36. The quantitative estimate of drug-likeness (QED) is 0.431. The van der Waals surface area contributed by atoms with Gasteiger partial charge in [-0.05, 0) is 39.8 Å². The van der Waals surface area contributed by atoms with Gasteiger partial charge < -0.3 is 20.3 Å². The van der Waals surface area contributed by atoms with Crippen LogP contribution in [0.4, 0.5) is 5.82 Å². The van der Waals surface area contributed by atoms with Crippen LogP contribution in [-0.2, 0) is 33.5 Å².